The first kappa shape index (κ1) is 20.8. The first-order valence-corrected chi connectivity index (χ1v) is 9.87. The number of para-hydroxylation sites is 1. The van der Waals surface area contributed by atoms with E-state index in [1.807, 2.05) is 40.8 Å². The Hall–Kier alpha value is -2.47. The third kappa shape index (κ3) is 7.35. The molecule has 27 heavy (non-hydrogen) atoms. The summed E-state index contributed by atoms with van der Waals surface area (Å²) in [6.45, 7) is 0. The van der Waals surface area contributed by atoms with Gasteiger partial charge in [0.1, 0.15) is 0 Å². The number of nitro groups is 1. The van der Waals surface area contributed by atoms with Gasteiger partial charge in [-0.25, -0.2) is 5.43 Å². The predicted molar refractivity (Wildman–Crippen MR) is 114 cm³/mol. The maximum Gasteiger partial charge on any atom is 0.283 e. The largest absolute Gasteiger partial charge is 0.325 e. The molecule has 8 nitrogen and oxygen atoms in total. The number of rotatable bonds is 8. The van der Waals surface area contributed by atoms with Gasteiger partial charge in [0.2, 0.25) is 11.8 Å². The average molecular weight is 498 g/mol. The summed E-state index contributed by atoms with van der Waals surface area (Å²) in [5, 5.41) is 17.4. The highest BCUT2D eigenvalue weighted by Crippen LogP contribution is 2.21. The zero-order valence-electron chi connectivity index (χ0n) is 13.9. The third-order valence-corrected chi connectivity index (χ3v) is 4.94. The minimum atomic E-state index is -0.477. The van der Waals surface area contributed by atoms with Crippen LogP contribution in [0.2, 0.25) is 0 Å². The fourth-order valence-electron chi connectivity index (χ4n) is 1.92. The van der Waals surface area contributed by atoms with E-state index < -0.39 is 4.92 Å². The van der Waals surface area contributed by atoms with E-state index in [4.69, 9.17) is 0 Å². The Labute approximate surface area is 173 Å². The highest BCUT2D eigenvalue weighted by Gasteiger charge is 2.11. The smallest absolute Gasteiger partial charge is 0.283 e. The fourth-order valence-corrected chi connectivity index (χ4v) is 3.06. The third-order valence-electron chi connectivity index (χ3n) is 3.09. The number of benzene rings is 2. The molecule has 0 spiro atoms. The van der Waals surface area contributed by atoms with E-state index in [0.717, 1.165) is 11.8 Å². The molecule has 2 aromatic carbocycles. The van der Waals surface area contributed by atoms with E-state index in [1.54, 1.807) is 24.3 Å². The van der Waals surface area contributed by atoms with E-state index in [1.165, 1.54) is 12.3 Å². The molecule has 10 heteroatoms. The van der Waals surface area contributed by atoms with Crippen molar-refractivity contribution in [2.75, 3.05) is 16.8 Å². The number of hydrogen-bond donors (Lipinski definition) is 2. The number of carbonyl (C=O) groups excluding carboxylic acids is 2. The topological polar surface area (TPSA) is 114 Å². The van der Waals surface area contributed by atoms with Crippen molar-refractivity contribution in [1.82, 2.24) is 5.43 Å². The minimum absolute atomic E-state index is 0.0224. The van der Waals surface area contributed by atoms with Crippen molar-refractivity contribution in [3.63, 3.8) is 0 Å². The number of anilines is 1. The molecule has 0 aromatic heterocycles. The van der Waals surface area contributed by atoms with Gasteiger partial charge in [-0.2, -0.15) is 5.10 Å². The van der Waals surface area contributed by atoms with Crippen LogP contribution in [0.3, 0.4) is 0 Å². The number of nitrogens with zero attached hydrogens (tertiary/aromatic N) is 2. The van der Waals surface area contributed by atoms with E-state index >= 15 is 0 Å². The Morgan fingerprint density at radius 1 is 1.15 bits per heavy atom. The average Bonchev–Trinajstić information content (AvgIpc) is 2.63. The van der Waals surface area contributed by atoms with Crippen molar-refractivity contribution in [2.45, 2.75) is 0 Å². The van der Waals surface area contributed by atoms with Crippen LogP contribution in [0.1, 0.15) is 5.56 Å². The lowest BCUT2D eigenvalue weighted by Gasteiger charge is -2.04. The molecular weight excluding hydrogens is 483 g/mol. The molecule has 2 N–H and O–H groups in total. The van der Waals surface area contributed by atoms with Gasteiger partial charge < -0.3 is 5.32 Å². The predicted octanol–water partition coefficient (Wildman–Crippen LogP) is 3.02. The van der Waals surface area contributed by atoms with Crippen molar-refractivity contribution >= 4 is 63.8 Å². The van der Waals surface area contributed by atoms with Gasteiger partial charge in [-0.1, -0.05) is 24.3 Å². The number of hydrazone groups is 1. The van der Waals surface area contributed by atoms with Crippen LogP contribution in [0.25, 0.3) is 0 Å². The minimum Gasteiger partial charge on any atom is -0.325 e. The van der Waals surface area contributed by atoms with Gasteiger partial charge in [0, 0.05) is 17.3 Å². The van der Waals surface area contributed by atoms with Crippen LogP contribution in [-0.2, 0) is 9.59 Å². The summed E-state index contributed by atoms with van der Waals surface area (Å²) in [4.78, 5) is 33.9. The van der Waals surface area contributed by atoms with Crippen LogP contribution in [0.4, 0.5) is 11.4 Å². The van der Waals surface area contributed by atoms with Crippen molar-refractivity contribution < 1.29 is 14.5 Å². The zero-order chi connectivity index (χ0) is 19.6. The molecule has 0 atom stereocenters. The summed E-state index contributed by atoms with van der Waals surface area (Å²) >= 11 is 3.03. The van der Waals surface area contributed by atoms with E-state index in [9.17, 15) is 19.7 Å². The molecule has 0 unspecified atom stereocenters. The number of halogens is 1. The lowest BCUT2D eigenvalue weighted by Crippen LogP contribution is -2.21. The Bertz CT molecular complexity index is 861. The number of carbonyl (C=O) groups is 2. The maximum absolute atomic E-state index is 11.8. The number of thioether (sulfide) groups is 1. The van der Waals surface area contributed by atoms with Crippen LogP contribution in [0.15, 0.2) is 53.6 Å². The summed E-state index contributed by atoms with van der Waals surface area (Å²) in [5.74, 6) is -0.376. The summed E-state index contributed by atoms with van der Waals surface area (Å²) < 4.78 is 0.518. The van der Waals surface area contributed by atoms with Crippen molar-refractivity contribution in [2.24, 2.45) is 5.10 Å². The molecule has 0 radical (unpaired) electrons. The van der Waals surface area contributed by atoms with Gasteiger partial charge in [-0.15, -0.1) is 11.8 Å². The lowest BCUT2D eigenvalue weighted by atomic mass is 10.2. The normalized spacial score (nSPS) is 10.6. The van der Waals surface area contributed by atoms with Gasteiger partial charge in [-0.05, 0) is 40.8 Å². The Kier molecular flexibility index (Phi) is 8.20. The maximum atomic E-state index is 11.8. The lowest BCUT2D eigenvalue weighted by molar-refractivity contribution is -0.385. The van der Waals surface area contributed by atoms with Gasteiger partial charge in [-0.3, -0.25) is 19.7 Å². The van der Waals surface area contributed by atoms with Crippen LogP contribution in [0.5, 0.6) is 0 Å². The van der Waals surface area contributed by atoms with Gasteiger partial charge in [0.15, 0.2) is 0 Å². The molecule has 0 bridgehead atoms. The summed E-state index contributed by atoms with van der Waals surface area (Å²) in [6, 6.07) is 13.7. The van der Waals surface area contributed by atoms with Crippen molar-refractivity contribution in [3.8, 4) is 0 Å². The highest BCUT2D eigenvalue weighted by atomic mass is 127. The zero-order valence-corrected chi connectivity index (χ0v) is 16.9. The molecule has 2 amide bonds. The summed E-state index contributed by atoms with van der Waals surface area (Å²) in [7, 11) is 0. The van der Waals surface area contributed by atoms with Crippen molar-refractivity contribution in [3.05, 3.63) is 67.8 Å². The molecule has 0 aliphatic rings. The van der Waals surface area contributed by atoms with Crippen LogP contribution < -0.4 is 10.7 Å². The fraction of sp³-hybridized carbons (Fsp3) is 0.118. The monoisotopic (exact) mass is 498 g/mol. The molecular formula is C17H15IN4O4S. The number of nitrogens with one attached hydrogen (secondary N) is 2. The molecule has 0 aliphatic carbocycles. The molecule has 140 valence electrons. The molecule has 0 fully saturated rings. The Morgan fingerprint density at radius 2 is 1.85 bits per heavy atom. The summed E-state index contributed by atoms with van der Waals surface area (Å²) in [5.41, 5.74) is 3.50. The molecule has 2 rings (SSSR count). The molecule has 2 aromatic rings. The summed E-state index contributed by atoms with van der Waals surface area (Å²) in [6.07, 6.45) is 1.33. The number of amides is 2. The number of hydrogen-bond acceptors (Lipinski definition) is 6. The Morgan fingerprint density at radius 3 is 2.56 bits per heavy atom. The molecule has 0 heterocycles. The first-order valence-electron chi connectivity index (χ1n) is 7.64. The van der Waals surface area contributed by atoms with Gasteiger partial charge >= 0.3 is 0 Å². The standard InChI is InChI=1S/C17H15IN4O4S/c18-14-7-6-12(8-15(14)22(25)26)9-19-21-17(24)11-27-10-16(23)20-13-4-2-1-3-5-13/h1-9H,10-11H2,(H,20,23)(H,21,24)/b19-9+. The van der Waals surface area contributed by atoms with E-state index in [2.05, 4.69) is 15.8 Å². The van der Waals surface area contributed by atoms with Crippen molar-refractivity contribution in [1.29, 1.82) is 0 Å². The molecule has 0 aliphatic heterocycles. The second kappa shape index (κ2) is 10.6. The quantitative estimate of drug-likeness (QED) is 0.252. The molecule has 0 saturated heterocycles. The second-order valence-corrected chi connectivity index (χ2v) is 7.32. The van der Waals surface area contributed by atoms with Crippen LogP contribution in [-0.4, -0.2) is 34.5 Å². The van der Waals surface area contributed by atoms with E-state index in [0.29, 0.717) is 14.8 Å². The van der Waals surface area contributed by atoms with Gasteiger partial charge in [0.25, 0.3) is 5.69 Å². The van der Waals surface area contributed by atoms with E-state index in [-0.39, 0.29) is 29.0 Å². The second-order valence-electron chi connectivity index (χ2n) is 5.17. The highest BCUT2D eigenvalue weighted by molar-refractivity contribution is 14.1. The number of nitro benzene ring substituents is 1. The first-order chi connectivity index (χ1) is 13.0. The van der Waals surface area contributed by atoms with Crippen LogP contribution >= 0.6 is 34.4 Å². The SMILES string of the molecule is O=C(CSCC(=O)Nc1ccccc1)N/N=C/c1ccc(I)c([N+](=O)[O-])c1. The van der Waals surface area contributed by atoms with Crippen LogP contribution in [0, 0.1) is 13.7 Å². The van der Waals surface area contributed by atoms with Gasteiger partial charge in [0.05, 0.1) is 26.2 Å². The Balaban J connectivity index is 1.73. The molecule has 0 saturated carbocycles.